The monoisotopic (exact) mass is 447 g/mol. The standard InChI is InChI=1S/C19H17N3O8S/c1-3-29-18(25)13-12(14(31-15(13)20)19(26)30-4-2)8-21-16(23)10-6-5-9(22(27)28)7-11(10)17(21)24/h5-7H,3-4,8,20H2,1-2H3. The predicted octanol–water partition coefficient (Wildman–Crippen LogP) is 2.39. The number of hydrogen-bond donors (Lipinski definition) is 1. The van der Waals surface area contributed by atoms with Gasteiger partial charge in [-0.1, -0.05) is 0 Å². The SMILES string of the molecule is CCOC(=O)c1sc(N)c(C(=O)OCC)c1CN1C(=O)c2ccc([N+](=O)[O-])cc2C1=O. The number of ether oxygens (including phenoxy) is 2. The molecule has 2 aromatic rings. The normalized spacial score (nSPS) is 12.6. The van der Waals surface area contributed by atoms with Gasteiger partial charge in [0.15, 0.2) is 0 Å². The molecule has 1 aliphatic heterocycles. The van der Waals surface area contributed by atoms with Crippen LogP contribution >= 0.6 is 11.3 Å². The molecule has 0 saturated carbocycles. The van der Waals surface area contributed by atoms with Crippen molar-refractivity contribution in [3.63, 3.8) is 0 Å². The van der Waals surface area contributed by atoms with Gasteiger partial charge in [-0.05, 0) is 19.9 Å². The summed E-state index contributed by atoms with van der Waals surface area (Å²) in [5.74, 6) is -3.09. The van der Waals surface area contributed by atoms with E-state index in [1.54, 1.807) is 13.8 Å². The average Bonchev–Trinajstić information content (AvgIpc) is 3.17. The Balaban J connectivity index is 2.06. The van der Waals surface area contributed by atoms with Crippen molar-refractivity contribution in [3.8, 4) is 0 Å². The third-order valence-electron chi connectivity index (χ3n) is 4.46. The van der Waals surface area contributed by atoms with Gasteiger partial charge in [-0.3, -0.25) is 24.6 Å². The van der Waals surface area contributed by atoms with E-state index in [0.29, 0.717) is 0 Å². The van der Waals surface area contributed by atoms with Gasteiger partial charge in [0.1, 0.15) is 9.88 Å². The summed E-state index contributed by atoms with van der Waals surface area (Å²) in [4.78, 5) is 61.5. The molecule has 162 valence electrons. The number of amides is 2. The molecule has 0 spiro atoms. The van der Waals surface area contributed by atoms with Crippen LogP contribution in [0.4, 0.5) is 10.7 Å². The van der Waals surface area contributed by atoms with Gasteiger partial charge in [0.05, 0.1) is 41.4 Å². The van der Waals surface area contributed by atoms with Gasteiger partial charge in [-0.2, -0.15) is 0 Å². The number of nitrogen functional groups attached to an aromatic ring is 1. The fourth-order valence-corrected chi connectivity index (χ4v) is 4.08. The van der Waals surface area contributed by atoms with Crippen molar-refractivity contribution in [3.05, 3.63) is 55.4 Å². The van der Waals surface area contributed by atoms with E-state index in [4.69, 9.17) is 15.2 Å². The second-order valence-corrected chi connectivity index (χ2v) is 7.33. The Morgan fingerprint density at radius 3 is 2.32 bits per heavy atom. The van der Waals surface area contributed by atoms with Crippen molar-refractivity contribution in [1.29, 1.82) is 0 Å². The molecule has 11 nitrogen and oxygen atoms in total. The first-order valence-electron chi connectivity index (χ1n) is 9.11. The van der Waals surface area contributed by atoms with Crippen LogP contribution in [-0.2, 0) is 16.0 Å². The molecule has 0 unspecified atom stereocenters. The quantitative estimate of drug-likeness (QED) is 0.291. The van der Waals surface area contributed by atoms with Crippen molar-refractivity contribution in [1.82, 2.24) is 4.90 Å². The number of rotatable bonds is 7. The highest BCUT2D eigenvalue weighted by molar-refractivity contribution is 7.18. The summed E-state index contributed by atoms with van der Waals surface area (Å²) in [5, 5.41) is 11.0. The number of imide groups is 1. The minimum Gasteiger partial charge on any atom is -0.462 e. The number of nitro benzene ring substituents is 1. The van der Waals surface area contributed by atoms with Gasteiger partial charge in [-0.15, -0.1) is 11.3 Å². The highest BCUT2D eigenvalue weighted by Gasteiger charge is 2.39. The number of nitrogens with zero attached hydrogens (tertiary/aromatic N) is 2. The Morgan fingerprint density at radius 2 is 1.71 bits per heavy atom. The van der Waals surface area contributed by atoms with Crippen LogP contribution < -0.4 is 5.73 Å². The largest absolute Gasteiger partial charge is 0.462 e. The van der Waals surface area contributed by atoms with Crippen LogP contribution in [0.15, 0.2) is 18.2 Å². The number of nitro groups is 1. The molecule has 1 aromatic carbocycles. The number of thiophene rings is 1. The zero-order valence-electron chi connectivity index (χ0n) is 16.5. The van der Waals surface area contributed by atoms with Gasteiger partial charge in [0.25, 0.3) is 17.5 Å². The number of fused-ring (bicyclic) bond motifs is 1. The van der Waals surface area contributed by atoms with E-state index >= 15 is 0 Å². The van der Waals surface area contributed by atoms with Gasteiger partial charge in [-0.25, -0.2) is 9.59 Å². The topological polar surface area (TPSA) is 159 Å². The summed E-state index contributed by atoms with van der Waals surface area (Å²) in [5.41, 5.74) is 5.32. The molecular formula is C19H17N3O8S. The maximum absolute atomic E-state index is 12.8. The summed E-state index contributed by atoms with van der Waals surface area (Å²) >= 11 is 0.783. The van der Waals surface area contributed by atoms with Crippen molar-refractivity contribution in [2.45, 2.75) is 20.4 Å². The molecule has 0 fully saturated rings. The molecule has 2 heterocycles. The van der Waals surface area contributed by atoms with Crippen molar-refractivity contribution in [2.75, 3.05) is 18.9 Å². The molecule has 0 atom stereocenters. The van der Waals surface area contributed by atoms with E-state index in [9.17, 15) is 29.3 Å². The number of carbonyl (C=O) groups excluding carboxylic acids is 4. The Hall–Kier alpha value is -3.80. The predicted molar refractivity (Wildman–Crippen MR) is 108 cm³/mol. The minimum absolute atomic E-state index is 0.0170. The van der Waals surface area contributed by atoms with E-state index < -0.39 is 35.2 Å². The maximum Gasteiger partial charge on any atom is 0.348 e. The number of benzene rings is 1. The number of non-ortho nitro benzene ring substituents is 1. The summed E-state index contributed by atoms with van der Waals surface area (Å²) in [6.07, 6.45) is 0. The third-order valence-corrected chi connectivity index (χ3v) is 5.50. The summed E-state index contributed by atoms with van der Waals surface area (Å²) < 4.78 is 10.00. The van der Waals surface area contributed by atoms with Crippen LogP contribution in [0.2, 0.25) is 0 Å². The number of esters is 2. The first kappa shape index (κ1) is 21.9. The Labute approximate surface area is 179 Å². The maximum atomic E-state index is 12.8. The Kier molecular flexibility index (Phi) is 6.02. The molecule has 3 rings (SSSR count). The summed E-state index contributed by atoms with van der Waals surface area (Å²) in [7, 11) is 0. The van der Waals surface area contributed by atoms with E-state index in [1.165, 1.54) is 6.07 Å². The van der Waals surface area contributed by atoms with Gasteiger partial charge < -0.3 is 15.2 Å². The highest BCUT2D eigenvalue weighted by Crippen LogP contribution is 2.36. The van der Waals surface area contributed by atoms with Crippen molar-refractivity contribution in [2.24, 2.45) is 0 Å². The number of hydrogen-bond acceptors (Lipinski definition) is 10. The first-order chi connectivity index (χ1) is 14.7. The lowest BCUT2D eigenvalue weighted by molar-refractivity contribution is -0.384. The van der Waals surface area contributed by atoms with Crippen LogP contribution in [0.3, 0.4) is 0 Å². The van der Waals surface area contributed by atoms with Crippen molar-refractivity contribution >= 4 is 45.8 Å². The smallest absolute Gasteiger partial charge is 0.348 e. The van der Waals surface area contributed by atoms with Crippen LogP contribution in [0.25, 0.3) is 0 Å². The molecule has 2 N–H and O–H groups in total. The Bertz CT molecular complexity index is 1120. The minimum atomic E-state index is -0.811. The number of nitrogens with two attached hydrogens (primary N) is 1. The second-order valence-electron chi connectivity index (χ2n) is 6.27. The van der Waals surface area contributed by atoms with Gasteiger partial charge in [0.2, 0.25) is 0 Å². The lowest BCUT2D eigenvalue weighted by Gasteiger charge is -2.15. The van der Waals surface area contributed by atoms with E-state index in [-0.39, 0.29) is 51.0 Å². The summed E-state index contributed by atoms with van der Waals surface area (Å²) in [6, 6.07) is 3.31. The molecule has 12 heteroatoms. The van der Waals surface area contributed by atoms with E-state index in [1.807, 2.05) is 0 Å². The molecule has 0 bridgehead atoms. The molecule has 1 aromatic heterocycles. The van der Waals surface area contributed by atoms with Crippen LogP contribution in [0, 0.1) is 10.1 Å². The van der Waals surface area contributed by atoms with E-state index in [0.717, 1.165) is 28.4 Å². The van der Waals surface area contributed by atoms with Gasteiger partial charge >= 0.3 is 11.9 Å². The Morgan fingerprint density at radius 1 is 1.10 bits per heavy atom. The van der Waals surface area contributed by atoms with Crippen LogP contribution in [0.5, 0.6) is 0 Å². The van der Waals surface area contributed by atoms with E-state index in [2.05, 4.69) is 0 Å². The average molecular weight is 447 g/mol. The fourth-order valence-electron chi connectivity index (χ4n) is 3.12. The van der Waals surface area contributed by atoms with Crippen LogP contribution in [0.1, 0.15) is 60.2 Å². The molecular weight excluding hydrogens is 430 g/mol. The number of carbonyl (C=O) groups is 4. The zero-order chi connectivity index (χ0) is 22.9. The third kappa shape index (κ3) is 3.84. The second kappa shape index (κ2) is 8.52. The number of anilines is 1. The zero-order valence-corrected chi connectivity index (χ0v) is 17.3. The highest BCUT2D eigenvalue weighted by atomic mass is 32.1. The summed E-state index contributed by atoms with van der Waals surface area (Å²) in [6.45, 7) is 2.82. The van der Waals surface area contributed by atoms with Crippen LogP contribution in [-0.4, -0.2) is 46.8 Å². The lowest BCUT2D eigenvalue weighted by atomic mass is 10.1. The molecule has 31 heavy (non-hydrogen) atoms. The van der Waals surface area contributed by atoms with Crippen molar-refractivity contribution < 1.29 is 33.6 Å². The first-order valence-corrected chi connectivity index (χ1v) is 9.92. The molecule has 1 aliphatic rings. The fraction of sp³-hybridized carbons (Fsp3) is 0.263. The molecule has 2 amide bonds. The molecule has 0 aliphatic carbocycles. The lowest BCUT2D eigenvalue weighted by Crippen LogP contribution is -2.30. The van der Waals surface area contributed by atoms with Gasteiger partial charge in [0, 0.05) is 17.7 Å². The molecule has 0 saturated heterocycles. The molecule has 0 radical (unpaired) electrons.